The van der Waals surface area contributed by atoms with Crippen LogP contribution in [0, 0.1) is 0 Å². The van der Waals surface area contributed by atoms with Gasteiger partial charge in [0, 0.05) is 0 Å². The van der Waals surface area contributed by atoms with Gasteiger partial charge in [0.15, 0.2) is 11.5 Å². The van der Waals surface area contributed by atoms with Crippen LogP contribution in [0.25, 0.3) is 0 Å². The van der Waals surface area contributed by atoms with Gasteiger partial charge in [0.05, 0.1) is 26.9 Å². The second kappa shape index (κ2) is 7.35. The van der Waals surface area contributed by atoms with Crippen molar-refractivity contribution in [3.05, 3.63) is 47.4 Å². The fraction of sp³-hybridized carbons (Fsp3) is 0.250. The minimum Gasteiger partial charge on any atom is -0.493 e. The fourth-order valence-corrected chi connectivity index (χ4v) is 1.85. The normalized spacial score (nSPS) is 10.0. The van der Waals surface area contributed by atoms with E-state index in [2.05, 4.69) is 9.47 Å². The lowest BCUT2D eigenvalue weighted by Gasteiger charge is -2.10. The molecule has 0 atom stereocenters. The van der Waals surface area contributed by atoms with Crippen LogP contribution in [0.2, 0.25) is 0 Å². The van der Waals surface area contributed by atoms with Crippen LogP contribution in [0.15, 0.2) is 34.7 Å². The Morgan fingerprint density at radius 1 is 0.957 bits per heavy atom. The Morgan fingerprint density at radius 3 is 2.35 bits per heavy atom. The molecule has 0 fully saturated rings. The second-order valence-corrected chi connectivity index (χ2v) is 4.40. The molecule has 0 aliphatic heterocycles. The molecule has 0 N–H and O–H groups in total. The van der Waals surface area contributed by atoms with Gasteiger partial charge in [0.2, 0.25) is 5.76 Å². The SMILES string of the molecule is COC(=O)c1ccc(OCc2ccc(C(=O)OC)o2)c(OC)c1. The third-order valence-corrected chi connectivity index (χ3v) is 3.00. The van der Waals surface area contributed by atoms with Crippen molar-refractivity contribution in [3.8, 4) is 11.5 Å². The summed E-state index contributed by atoms with van der Waals surface area (Å²) >= 11 is 0. The van der Waals surface area contributed by atoms with Crippen molar-refractivity contribution < 1.29 is 33.0 Å². The van der Waals surface area contributed by atoms with Gasteiger partial charge in [0.25, 0.3) is 0 Å². The van der Waals surface area contributed by atoms with Crippen LogP contribution in [0.1, 0.15) is 26.7 Å². The van der Waals surface area contributed by atoms with E-state index in [0.29, 0.717) is 22.8 Å². The molecule has 0 radical (unpaired) electrons. The maximum Gasteiger partial charge on any atom is 0.373 e. The minimum atomic E-state index is -0.559. The van der Waals surface area contributed by atoms with Crippen LogP contribution < -0.4 is 9.47 Å². The average Bonchev–Trinajstić information content (AvgIpc) is 3.07. The quantitative estimate of drug-likeness (QED) is 0.756. The van der Waals surface area contributed by atoms with E-state index < -0.39 is 11.9 Å². The number of ether oxygens (including phenoxy) is 4. The molecule has 0 saturated heterocycles. The average molecular weight is 320 g/mol. The first-order chi connectivity index (χ1) is 11.1. The molecule has 7 heteroatoms. The summed E-state index contributed by atoms with van der Waals surface area (Å²) in [7, 11) is 4.04. The first kappa shape index (κ1) is 16.4. The lowest BCUT2D eigenvalue weighted by molar-refractivity contribution is 0.0559. The van der Waals surface area contributed by atoms with E-state index in [-0.39, 0.29) is 12.4 Å². The predicted molar refractivity (Wildman–Crippen MR) is 78.7 cm³/mol. The Morgan fingerprint density at radius 2 is 1.70 bits per heavy atom. The van der Waals surface area contributed by atoms with Gasteiger partial charge in [-0.1, -0.05) is 0 Å². The summed E-state index contributed by atoms with van der Waals surface area (Å²) in [6.07, 6.45) is 0. The smallest absolute Gasteiger partial charge is 0.373 e. The molecule has 1 heterocycles. The lowest BCUT2D eigenvalue weighted by atomic mass is 10.2. The van der Waals surface area contributed by atoms with E-state index in [1.54, 1.807) is 18.2 Å². The standard InChI is InChI=1S/C16H16O7/c1-19-14-8-10(15(17)20-2)4-6-12(14)22-9-11-5-7-13(23-11)16(18)21-3/h4-8H,9H2,1-3H3. The molecule has 122 valence electrons. The largest absolute Gasteiger partial charge is 0.493 e. The molecule has 7 nitrogen and oxygen atoms in total. The van der Waals surface area contributed by atoms with Gasteiger partial charge in [-0.25, -0.2) is 9.59 Å². The van der Waals surface area contributed by atoms with E-state index in [0.717, 1.165) is 0 Å². The van der Waals surface area contributed by atoms with Crippen LogP contribution in [-0.2, 0) is 16.1 Å². The number of carbonyl (C=O) groups excluding carboxylic acids is 2. The number of carbonyl (C=O) groups is 2. The zero-order chi connectivity index (χ0) is 16.8. The number of rotatable bonds is 6. The molecule has 0 unspecified atom stereocenters. The van der Waals surface area contributed by atoms with Crippen LogP contribution in [-0.4, -0.2) is 33.3 Å². The molecule has 0 amide bonds. The highest BCUT2D eigenvalue weighted by molar-refractivity contribution is 5.90. The van der Waals surface area contributed by atoms with Gasteiger partial charge >= 0.3 is 11.9 Å². The maximum atomic E-state index is 11.5. The molecule has 0 bridgehead atoms. The van der Waals surface area contributed by atoms with E-state index in [9.17, 15) is 9.59 Å². The van der Waals surface area contributed by atoms with Gasteiger partial charge in [-0.15, -0.1) is 0 Å². The van der Waals surface area contributed by atoms with Crippen LogP contribution >= 0.6 is 0 Å². The van der Waals surface area contributed by atoms with E-state index in [1.165, 1.54) is 33.5 Å². The molecule has 0 spiro atoms. The molecule has 0 aliphatic rings. The monoisotopic (exact) mass is 320 g/mol. The molecule has 2 aromatic rings. The van der Waals surface area contributed by atoms with Crippen LogP contribution in [0.4, 0.5) is 0 Å². The van der Waals surface area contributed by atoms with E-state index in [1.807, 2.05) is 0 Å². The zero-order valence-electron chi connectivity index (χ0n) is 13.0. The summed E-state index contributed by atoms with van der Waals surface area (Å²) in [6.45, 7) is 0.0882. The van der Waals surface area contributed by atoms with Gasteiger partial charge in [-0.2, -0.15) is 0 Å². The molecule has 0 saturated carbocycles. The third-order valence-electron chi connectivity index (χ3n) is 3.00. The zero-order valence-corrected chi connectivity index (χ0v) is 13.0. The van der Waals surface area contributed by atoms with Gasteiger partial charge in [0.1, 0.15) is 12.4 Å². The summed E-state index contributed by atoms with van der Waals surface area (Å²) in [4.78, 5) is 22.8. The number of benzene rings is 1. The maximum absolute atomic E-state index is 11.5. The van der Waals surface area contributed by atoms with Crippen molar-refractivity contribution in [1.82, 2.24) is 0 Å². The van der Waals surface area contributed by atoms with Crippen molar-refractivity contribution >= 4 is 11.9 Å². The van der Waals surface area contributed by atoms with E-state index >= 15 is 0 Å². The first-order valence-electron chi connectivity index (χ1n) is 6.65. The number of methoxy groups -OCH3 is 3. The number of hydrogen-bond acceptors (Lipinski definition) is 7. The summed E-state index contributed by atoms with van der Waals surface area (Å²) in [5.41, 5.74) is 0.350. The topological polar surface area (TPSA) is 84.2 Å². The third kappa shape index (κ3) is 3.82. The van der Waals surface area contributed by atoms with Gasteiger partial charge in [-0.3, -0.25) is 0 Å². The molecule has 1 aromatic carbocycles. The molecule has 23 heavy (non-hydrogen) atoms. The highest BCUT2D eigenvalue weighted by Gasteiger charge is 2.14. The predicted octanol–water partition coefficient (Wildman–Crippen LogP) is 2.44. The fourth-order valence-electron chi connectivity index (χ4n) is 1.85. The van der Waals surface area contributed by atoms with Crippen molar-refractivity contribution in [1.29, 1.82) is 0 Å². The Labute approximate surface area is 132 Å². The first-order valence-corrected chi connectivity index (χ1v) is 6.65. The summed E-state index contributed by atoms with van der Waals surface area (Å²) in [5, 5.41) is 0. The summed E-state index contributed by atoms with van der Waals surface area (Å²) < 4.78 is 25.3. The molecule has 2 rings (SSSR count). The van der Waals surface area contributed by atoms with Crippen molar-refractivity contribution in [2.45, 2.75) is 6.61 Å². The van der Waals surface area contributed by atoms with E-state index in [4.69, 9.17) is 13.9 Å². The Hall–Kier alpha value is -2.96. The lowest BCUT2D eigenvalue weighted by Crippen LogP contribution is -2.03. The molecule has 1 aromatic heterocycles. The second-order valence-electron chi connectivity index (χ2n) is 4.40. The van der Waals surface area contributed by atoms with Crippen LogP contribution in [0.3, 0.4) is 0 Å². The van der Waals surface area contributed by atoms with Crippen molar-refractivity contribution in [2.75, 3.05) is 21.3 Å². The molecular formula is C16H16O7. The Balaban J connectivity index is 2.09. The van der Waals surface area contributed by atoms with Crippen molar-refractivity contribution in [2.24, 2.45) is 0 Å². The number of furan rings is 1. The molecule has 0 aliphatic carbocycles. The minimum absolute atomic E-state index is 0.0882. The summed E-state index contributed by atoms with van der Waals surface area (Å²) in [6, 6.07) is 7.79. The Bertz CT molecular complexity index is 702. The highest BCUT2D eigenvalue weighted by Crippen LogP contribution is 2.29. The van der Waals surface area contributed by atoms with Crippen molar-refractivity contribution in [3.63, 3.8) is 0 Å². The summed E-state index contributed by atoms with van der Waals surface area (Å²) in [5.74, 6) is 0.326. The number of hydrogen-bond donors (Lipinski definition) is 0. The van der Waals surface area contributed by atoms with Crippen LogP contribution in [0.5, 0.6) is 11.5 Å². The Kier molecular flexibility index (Phi) is 5.24. The van der Waals surface area contributed by atoms with Gasteiger partial charge in [-0.05, 0) is 30.3 Å². The number of esters is 2. The highest BCUT2D eigenvalue weighted by atomic mass is 16.5. The van der Waals surface area contributed by atoms with Gasteiger partial charge < -0.3 is 23.4 Å². The molecular weight excluding hydrogens is 304 g/mol.